The van der Waals surface area contributed by atoms with Gasteiger partial charge in [-0.1, -0.05) is 6.07 Å². The molecular weight excluding hydrogens is 280 g/mol. The number of carbonyl (C=O) groups is 1. The molecule has 1 aliphatic rings. The molecule has 5 nitrogen and oxygen atoms in total. The van der Waals surface area contributed by atoms with Crippen LogP contribution in [0, 0.1) is 0 Å². The first-order valence-electron chi connectivity index (χ1n) is 7.35. The van der Waals surface area contributed by atoms with Crippen molar-refractivity contribution < 1.29 is 15.0 Å². The third-order valence-electron chi connectivity index (χ3n) is 3.69. The average molecular weight is 302 g/mol. The molecule has 0 aromatic heterocycles. The Morgan fingerprint density at radius 1 is 1.23 bits per heavy atom. The van der Waals surface area contributed by atoms with Crippen LogP contribution in [0.2, 0.25) is 0 Å². The minimum absolute atomic E-state index is 0.0196. The van der Waals surface area contributed by atoms with Crippen molar-refractivity contribution in [3.05, 3.63) is 35.0 Å². The number of hydrogen-bond acceptors (Lipinski definition) is 5. The summed E-state index contributed by atoms with van der Waals surface area (Å²) in [5, 5.41) is 19.8. The largest absolute Gasteiger partial charge is 0.507 e. The van der Waals surface area contributed by atoms with Crippen molar-refractivity contribution in [2.45, 2.75) is 33.7 Å². The van der Waals surface area contributed by atoms with E-state index >= 15 is 0 Å². The van der Waals surface area contributed by atoms with Gasteiger partial charge in [0.2, 0.25) is 0 Å². The van der Waals surface area contributed by atoms with Crippen molar-refractivity contribution in [2.75, 3.05) is 13.1 Å². The molecule has 1 aromatic rings. The van der Waals surface area contributed by atoms with Crippen LogP contribution in [0.25, 0.3) is 0 Å². The zero-order chi connectivity index (χ0) is 16.3. The molecule has 0 radical (unpaired) electrons. The van der Waals surface area contributed by atoms with Gasteiger partial charge in [-0.2, -0.15) is 0 Å². The van der Waals surface area contributed by atoms with Gasteiger partial charge in [0.1, 0.15) is 11.5 Å². The van der Waals surface area contributed by atoms with Gasteiger partial charge >= 0.3 is 0 Å². The van der Waals surface area contributed by atoms with Crippen LogP contribution in [-0.4, -0.2) is 39.7 Å². The molecule has 0 saturated carbocycles. The number of benzene rings is 1. The molecule has 5 heteroatoms. The number of rotatable bonds is 4. The van der Waals surface area contributed by atoms with Gasteiger partial charge in [0.25, 0.3) is 0 Å². The van der Waals surface area contributed by atoms with Gasteiger partial charge in [0.05, 0.1) is 0 Å². The first-order chi connectivity index (χ1) is 10.4. The predicted molar refractivity (Wildman–Crippen MR) is 86.2 cm³/mol. The van der Waals surface area contributed by atoms with Crippen LogP contribution >= 0.6 is 0 Å². The molecule has 118 valence electrons. The fraction of sp³-hybridized carbons (Fsp3) is 0.412. The molecule has 0 amide bonds. The summed E-state index contributed by atoms with van der Waals surface area (Å²) in [5.74, 6) is 0.161. The highest BCUT2D eigenvalue weighted by atomic mass is 16.3. The van der Waals surface area contributed by atoms with Gasteiger partial charge in [0.15, 0.2) is 5.78 Å². The third kappa shape index (κ3) is 3.74. The molecule has 0 aliphatic carbocycles. The maximum atomic E-state index is 11.9. The summed E-state index contributed by atoms with van der Waals surface area (Å²) in [5.41, 5.74) is 2.98. The zero-order valence-corrected chi connectivity index (χ0v) is 13.3. The number of hydrogen-bond donors (Lipinski definition) is 2. The predicted octanol–water partition coefficient (Wildman–Crippen LogP) is 2.63. The van der Waals surface area contributed by atoms with Crippen LogP contribution in [0.5, 0.6) is 11.5 Å². The van der Waals surface area contributed by atoms with Gasteiger partial charge < -0.3 is 10.2 Å². The Kier molecular flexibility index (Phi) is 4.98. The third-order valence-corrected chi connectivity index (χ3v) is 3.69. The summed E-state index contributed by atoms with van der Waals surface area (Å²) in [6.07, 6.45) is 0.689. The molecule has 0 saturated heterocycles. The molecule has 0 spiro atoms. The minimum Gasteiger partial charge on any atom is -0.507 e. The summed E-state index contributed by atoms with van der Waals surface area (Å²) < 4.78 is 0. The summed E-state index contributed by atoms with van der Waals surface area (Å²) >= 11 is 0. The summed E-state index contributed by atoms with van der Waals surface area (Å²) in [6.45, 7) is 6.99. The smallest absolute Gasteiger partial charge is 0.158 e. The molecule has 1 heterocycles. The highest BCUT2D eigenvalue weighted by Gasteiger charge is 2.23. The zero-order valence-electron chi connectivity index (χ0n) is 13.3. The molecule has 0 atom stereocenters. The number of phenols is 2. The fourth-order valence-corrected chi connectivity index (χ4v) is 2.60. The van der Waals surface area contributed by atoms with Crippen molar-refractivity contribution >= 4 is 11.5 Å². The maximum Gasteiger partial charge on any atom is 0.158 e. The van der Waals surface area contributed by atoms with Gasteiger partial charge in [-0.15, -0.1) is 0 Å². The van der Waals surface area contributed by atoms with Crippen molar-refractivity contribution in [3.8, 4) is 11.5 Å². The van der Waals surface area contributed by atoms with Gasteiger partial charge in [-0.05, 0) is 32.9 Å². The van der Waals surface area contributed by atoms with E-state index in [1.165, 1.54) is 0 Å². The van der Waals surface area contributed by atoms with E-state index in [-0.39, 0.29) is 17.3 Å². The second-order valence-electron chi connectivity index (χ2n) is 5.78. The Balaban J connectivity index is 2.22. The number of phenolic OH excluding ortho intramolecular Hbond substituents is 2. The molecule has 2 rings (SSSR count). The van der Waals surface area contributed by atoms with Crippen molar-refractivity contribution in [1.82, 2.24) is 4.90 Å². The number of ketones is 1. The number of carbonyl (C=O) groups excluding carboxylic acids is 1. The summed E-state index contributed by atoms with van der Waals surface area (Å²) in [4.78, 5) is 18.4. The van der Waals surface area contributed by atoms with Gasteiger partial charge in [-0.25, -0.2) is 0 Å². The summed E-state index contributed by atoms with van der Waals surface area (Å²) in [7, 11) is 0. The molecule has 1 aliphatic heterocycles. The highest BCUT2D eigenvalue weighted by molar-refractivity contribution is 5.95. The van der Waals surface area contributed by atoms with E-state index in [0.717, 1.165) is 18.0 Å². The van der Waals surface area contributed by atoms with Crippen molar-refractivity contribution in [2.24, 2.45) is 4.99 Å². The molecule has 0 bridgehead atoms. The highest BCUT2D eigenvalue weighted by Crippen LogP contribution is 2.29. The van der Waals surface area contributed by atoms with Crippen molar-refractivity contribution in [1.29, 1.82) is 0 Å². The summed E-state index contributed by atoms with van der Waals surface area (Å²) in [6, 6.07) is 4.70. The second kappa shape index (κ2) is 6.75. The molecule has 0 fully saturated rings. The van der Waals surface area contributed by atoms with E-state index in [4.69, 9.17) is 0 Å². The number of nitrogens with zero attached hydrogens (tertiary/aromatic N) is 2. The Bertz CT molecular complexity index is 623. The lowest BCUT2D eigenvalue weighted by molar-refractivity contribution is -0.114. The van der Waals surface area contributed by atoms with Crippen molar-refractivity contribution in [3.63, 3.8) is 0 Å². The quantitative estimate of drug-likeness (QED) is 0.839. The lowest BCUT2D eigenvalue weighted by Gasteiger charge is -2.29. The van der Waals surface area contributed by atoms with Crippen LogP contribution in [0.4, 0.5) is 0 Å². The Morgan fingerprint density at radius 3 is 2.41 bits per heavy atom. The molecule has 22 heavy (non-hydrogen) atoms. The van der Waals surface area contributed by atoms with E-state index in [1.807, 2.05) is 18.7 Å². The van der Waals surface area contributed by atoms with Crippen LogP contribution in [-0.2, 0) is 11.3 Å². The second-order valence-corrected chi connectivity index (χ2v) is 5.78. The first-order valence-corrected chi connectivity index (χ1v) is 7.35. The normalized spacial score (nSPS) is 15.8. The number of aliphatic imine (C=N–C) groups is 1. The maximum absolute atomic E-state index is 11.9. The van der Waals surface area contributed by atoms with E-state index in [0.29, 0.717) is 30.6 Å². The minimum atomic E-state index is 0.0196. The van der Waals surface area contributed by atoms with Gasteiger partial charge in [-0.3, -0.25) is 14.7 Å². The molecule has 2 N–H and O–H groups in total. The van der Waals surface area contributed by atoms with Crippen LogP contribution in [0.3, 0.4) is 0 Å². The lowest BCUT2D eigenvalue weighted by atomic mass is 10.0. The Morgan fingerprint density at radius 2 is 1.86 bits per heavy atom. The fourth-order valence-electron chi connectivity index (χ4n) is 2.60. The van der Waals surface area contributed by atoms with E-state index in [1.54, 1.807) is 25.1 Å². The topological polar surface area (TPSA) is 73.1 Å². The van der Waals surface area contributed by atoms with E-state index in [9.17, 15) is 15.0 Å². The average Bonchev–Trinajstić information content (AvgIpc) is 2.43. The SMILES string of the molecule is CC(=O)C1=C(N=C(C)C)CCN(Cc2c(O)cccc2O)C1. The van der Waals surface area contributed by atoms with Gasteiger partial charge in [0, 0.05) is 48.6 Å². The Hall–Kier alpha value is -2.14. The number of aromatic hydroxyl groups is 2. The number of Topliss-reactive ketones (excluding diaryl/α,β-unsaturated/α-hetero) is 1. The monoisotopic (exact) mass is 302 g/mol. The standard InChI is InChI=1S/C17H22N2O3/c1-11(2)18-15-7-8-19(9-13(15)12(3)20)10-14-16(21)5-4-6-17(14)22/h4-6,21-22H,7-10H2,1-3H3. The van der Waals surface area contributed by atoms with Crippen LogP contribution in [0.15, 0.2) is 34.5 Å². The van der Waals surface area contributed by atoms with E-state index < -0.39 is 0 Å². The first kappa shape index (κ1) is 16.2. The Labute approximate surface area is 130 Å². The van der Waals surface area contributed by atoms with Crippen LogP contribution < -0.4 is 0 Å². The molecular formula is C17H22N2O3. The lowest BCUT2D eigenvalue weighted by Crippen LogP contribution is -2.33. The van der Waals surface area contributed by atoms with E-state index in [2.05, 4.69) is 4.99 Å². The van der Waals surface area contributed by atoms with Crippen LogP contribution in [0.1, 0.15) is 32.8 Å². The molecule has 0 unspecified atom stereocenters. The molecule has 1 aromatic carbocycles.